The molecule has 5 nitrogen and oxygen atoms in total. The minimum Gasteiger partial charge on any atom is -0.492 e. The molecule has 0 aliphatic carbocycles. The van der Waals surface area contributed by atoms with Gasteiger partial charge in [-0.25, -0.2) is 8.42 Å². The molecule has 0 radical (unpaired) electrons. The van der Waals surface area contributed by atoms with Crippen LogP contribution < -0.4 is 14.8 Å². The molecular weight excluding hydrogens is 264 g/mol. The highest BCUT2D eigenvalue weighted by molar-refractivity contribution is 7.93. The van der Waals surface area contributed by atoms with E-state index in [2.05, 4.69) is 10.0 Å². The van der Waals surface area contributed by atoms with Crippen LogP contribution in [0, 0.1) is 0 Å². The van der Waals surface area contributed by atoms with Crippen LogP contribution in [-0.2, 0) is 10.0 Å². The van der Waals surface area contributed by atoms with E-state index in [1.807, 2.05) is 19.9 Å². The summed E-state index contributed by atoms with van der Waals surface area (Å²) in [7, 11) is -3.42. The number of nitrogens with one attached hydrogen (secondary N) is 2. The lowest BCUT2D eigenvalue weighted by atomic mass is 10.3. The fourth-order valence-electron chi connectivity index (χ4n) is 1.54. The van der Waals surface area contributed by atoms with Crippen LogP contribution in [-0.4, -0.2) is 33.4 Å². The number of sulfonamides is 1. The van der Waals surface area contributed by atoms with Gasteiger partial charge < -0.3 is 10.1 Å². The van der Waals surface area contributed by atoms with Gasteiger partial charge in [-0.15, -0.1) is 0 Å². The molecule has 1 rings (SSSR count). The number of para-hydroxylation sites is 2. The van der Waals surface area contributed by atoms with Gasteiger partial charge in [-0.3, -0.25) is 4.72 Å². The zero-order valence-electron chi connectivity index (χ0n) is 11.6. The maximum atomic E-state index is 12.2. The van der Waals surface area contributed by atoms with E-state index < -0.39 is 15.3 Å². The van der Waals surface area contributed by atoms with Crippen molar-refractivity contribution < 1.29 is 13.2 Å². The normalized spacial score (nSPS) is 13.0. The van der Waals surface area contributed by atoms with Gasteiger partial charge in [0, 0.05) is 6.54 Å². The largest absolute Gasteiger partial charge is 0.492 e. The molecule has 19 heavy (non-hydrogen) atoms. The Kier molecular flexibility index (Phi) is 6.11. The average molecular weight is 286 g/mol. The molecule has 0 aliphatic heterocycles. The molecule has 0 amide bonds. The molecule has 108 valence electrons. The number of benzene rings is 1. The molecule has 2 N–H and O–H groups in total. The first-order valence-corrected chi connectivity index (χ1v) is 8.00. The van der Waals surface area contributed by atoms with Gasteiger partial charge in [-0.05, 0) is 32.5 Å². The number of hydrogen-bond donors (Lipinski definition) is 2. The van der Waals surface area contributed by atoms with Gasteiger partial charge in [0.1, 0.15) is 5.75 Å². The minimum absolute atomic E-state index is 0.419. The van der Waals surface area contributed by atoms with Gasteiger partial charge in [0.2, 0.25) is 10.0 Å². The summed E-state index contributed by atoms with van der Waals surface area (Å²) in [4.78, 5) is 0. The molecular formula is C13H22N2O3S. The molecule has 1 atom stereocenters. The van der Waals surface area contributed by atoms with Crippen molar-refractivity contribution in [2.75, 3.05) is 24.4 Å². The summed E-state index contributed by atoms with van der Waals surface area (Å²) >= 11 is 0. The van der Waals surface area contributed by atoms with Crippen LogP contribution in [0.15, 0.2) is 24.3 Å². The third-order valence-corrected chi connectivity index (χ3v) is 4.38. The molecule has 1 unspecified atom stereocenters. The highest BCUT2D eigenvalue weighted by Gasteiger charge is 2.21. The Labute approximate surface area is 115 Å². The van der Waals surface area contributed by atoms with Crippen LogP contribution >= 0.6 is 0 Å². The molecule has 0 saturated carbocycles. The summed E-state index contributed by atoms with van der Waals surface area (Å²) in [5.74, 6) is 0.546. The Bertz CT molecular complexity index is 488. The maximum Gasteiger partial charge on any atom is 0.236 e. The molecule has 0 spiro atoms. The smallest absolute Gasteiger partial charge is 0.236 e. The van der Waals surface area contributed by atoms with Crippen LogP contribution in [0.4, 0.5) is 5.69 Å². The van der Waals surface area contributed by atoms with Crippen LogP contribution in [0.1, 0.15) is 20.8 Å². The summed E-state index contributed by atoms with van der Waals surface area (Å²) in [6.07, 6.45) is 0. The van der Waals surface area contributed by atoms with Gasteiger partial charge in [0.25, 0.3) is 0 Å². The molecule has 0 aliphatic rings. The third-order valence-electron chi connectivity index (χ3n) is 2.65. The van der Waals surface area contributed by atoms with E-state index in [-0.39, 0.29) is 0 Å². The Hall–Kier alpha value is -1.27. The van der Waals surface area contributed by atoms with E-state index in [1.54, 1.807) is 25.1 Å². The average Bonchev–Trinajstić information content (AvgIpc) is 2.38. The van der Waals surface area contributed by atoms with E-state index >= 15 is 0 Å². The van der Waals surface area contributed by atoms with Gasteiger partial charge in [-0.2, -0.15) is 0 Å². The molecule has 1 aromatic carbocycles. The summed E-state index contributed by atoms with van der Waals surface area (Å²) in [5.41, 5.74) is 0.479. The highest BCUT2D eigenvalue weighted by atomic mass is 32.2. The van der Waals surface area contributed by atoms with Crippen LogP contribution in [0.3, 0.4) is 0 Å². The second kappa shape index (κ2) is 7.35. The lowest BCUT2D eigenvalue weighted by Gasteiger charge is -2.17. The van der Waals surface area contributed by atoms with E-state index in [0.717, 1.165) is 6.54 Å². The van der Waals surface area contributed by atoms with E-state index in [1.165, 1.54) is 0 Å². The summed E-state index contributed by atoms with van der Waals surface area (Å²) in [5, 5.41) is 2.52. The van der Waals surface area contributed by atoms with Gasteiger partial charge in [-0.1, -0.05) is 19.1 Å². The zero-order chi connectivity index (χ0) is 14.3. The van der Waals surface area contributed by atoms with Gasteiger partial charge >= 0.3 is 0 Å². The van der Waals surface area contributed by atoms with Crippen molar-refractivity contribution in [3.63, 3.8) is 0 Å². The molecule has 0 saturated heterocycles. The molecule has 1 aromatic rings. The molecule has 0 heterocycles. The van der Waals surface area contributed by atoms with Crippen LogP contribution in [0.5, 0.6) is 5.75 Å². The van der Waals surface area contributed by atoms with Crippen LogP contribution in [0.2, 0.25) is 0 Å². The number of ether oxygens (including phenoxy) is 1. The lowest BCUT2D eigenvalue weighted by molar-refractivity contribution is 0.342. The van der Waals surface area contributed by atoms with E-state index in [0.29, 0.717) is 24.6 Å². The van der Waals surface area contributed by atoms with E-state index in [9.17, 15) is 8.42 Å². The second-order valence-electron chi connectivity index (χ2n) is 4.19. The van der Waals surface area contributed by atoms with Crippen molar-refractivity contribution in [2.45, 2.75) is 26.0 Å². The Morgan fingerprint density at radius 2 is 1.95 bits per heavy atom. The molecule has 0 fully saturated rings. The first-order valence-electron chi connectivity index (χ1n) is 6.45. The van der Waals surface area contributed by atoms with Gasteiger partial charge in [0.15, 0.2) is 0 Å². The van der Waals surface area contributed by atoms with Crippen molar-refractivity contribution >= 4 is 15.7 Å². The lowest BCUT2D eigenvalue weighted by Crippen LogP contribution is -2.34. The topological polar surface area (TPSA) is 67.4 Å². The number of hydrogen-bond acceptors (Lipinski definition) is 4. The number of rotatable bonds is 8. The van der Waals surface area contributed by atoms with Crippen molar-refractivity contribution in [1.29, 1.82) is 0 Å². The fraction of sp³-hybridized carbons (Fsp3) is 0.538. The third kappa shape index (κ3) is 4.72. The Morgan fingerprint density at radius 1 is 1.26 bits per heavy atom. The first kappa shape index (κ1) is 15.8. The highest BCUT2D eigenvalue weighted by Crippen LogP contribution is 2.25. The maximum absolute atomic E-state index is 12.2. The number of anilines is 1. The minimum atomic E-state index is -3.42. The second-order valence-corrected chi connectivity index (χ2v) is 6.29. The van der Waals surface area contributed by atoms with Crippen molar-refractivity contribution in [1.82, 2.24) is 5.32 Å². The van der Waals surface area contributed by atoms with E-state index in [4.69, 9.17) is 4.74 Å². The quantitative estimate of drug-likeness (QED) is 0.765. The summed E-state index contributed by atoms with van der Waals surface area (Å²) in [6.45, 7) is 7.13. The van der Waals surface area contributed by atoms with Crippen molar-refractivity contribution in [3.8, 4) is 5.75 Å². The zero-order valence-corrected chi connectivity index (χ0v) is 12.5. The predicted molar refractivity (Wildman–Crippen MR) is 78.2 cm³/mol. The Balaban J connectivity index is 2.83. The Morgan fingerprint density at radius 3 is 2.58 bits per heavy atom. The molecule has 0 aromatic heterocycles. The van der Waals surface area contributed by atoms with Crippen LogP contribution in [0.25, 0.3) is 0 Å². The molecule has 6 heteroatoms. The summed E-state index contributed by atoms with van der Waals surface area (Å²) < 4.78 is 32.3. The van der Waals surface area contributed by atoms with Gasteiger partial charge in [0.05, 0.1) is 17.5 Å². The van der Waals surface area contributed by atoms with Crippen molar-refractivity contribution in [3.05, 3.63) is 24.3 Å². The predicted octanol–water partition coefficient (Wildman–Crippen LogP) is 1.82. The first-order chi connectivity index (χ1) is 9.01. The molecule has 0 bridgehead atoms. The van der Waals surface area contributed by atoms with Crippen molar-refractivity contribution in [2.24, 2.45) is 0 Å². The monoisotopic (exact) mass is 286 g/mol. The summed E-state index contributed by atoms with van der Waals surface area (Å²) in [6, 6.07) is 7.03. The fourth-order valence-corrected chi connectivity index (χ4v) is 2.56. The standard InChI is InChI=1S/C13H22N2O3S/c1-4-14-10-11(3)19(16,17)15-12-8-6-7-9-13(12)18-5-2/h6-9,11,14-15H,4-5,10H2,1-3H3. The SMILES string of the molecule is CCNCC(C)S(=O)(=O)Nc1ccccc1OCC.